The third-order valence-electron chi connectivity index (χ3n) is 3.07. The molecule has 0 spiro atoms. The lowest BCUT2D eigenvalue weighted by atomic mass is 9.98. The highest BCUT2D eigenvalue weighted by Gasteiger charge is 2.28. The van der Waals surface area contributed by atoms with Gasteiger partial charge in [-0.3, -0.25) is 4.79 Å². The maximum atomic E-state index is 12.1. The summed E-state index contributed by atoms with van der Waals surface area (Å²) in [7, 11) is 0. The molecule has 1 unspecified atom stereocenters. The molecule has 0 fully saturated rings. The average Bonchev–Trinajstić information content (AvgIpc) is 2.88. The van der Waals surface area contributed by atoms with Crippen LogP contribution in [0.25, 0.3) is 0 Å². The zero-order valence-corrected chi connectivity index (χ0v) is 12.4. The Hall–Kier alpha value is -1.95. The molecule has 0 aliphatic carbocycles. The molecule has 1 aliphatic rings. The first-order chi connectivity index (χ1) is 9.45. The van der Waals surface area contributed by atoms with Gasteiger partial charge < -0.3 is 10.6 Å². The summed E-state index contributed by atoms with van der Waals surface area (Å²) in [5.41, 5.74) is 1.40. The standard InChI is InChI=1S/C14H16N4OS/c1-14(2,3)13-16-9(7-20-13)11-17-10-8(12(19)18-11)5-4-6-15-10/h4-7,11H,1-3H3,(H,15,17)(H,18,19). The van der Waals surface area contributed by atoms with Gasteiger partial charge in [0.15, 0.2) is 0 Å². The van der Waals surface area contributed by atoms with E-state index < -0.39 is 0 Å². The van der Waals surface area contributed by atoms with Crippen molar-refractivity contribution in [2.24, 2.45) is 0 Å². The highest BCUT2D eigenvalue weighted by Crippen LogP contribution is 2.30. The highest BCUT2D eigenvalue weighted by molar-refractivity contribution is 7.09. The van der Waals surface area contributed by atoms with Crippen molar-refractivity contribution in [2.75, 3.05) is 5.32 Å². The maximum absolute atomic E-state index is 12.1. The van der Waals surface area contributed by atoms with Crippen molar-refractivity contribution >= 4 is 23.1 Å². The number of pyridine rings is 1. The number of rotatable bonds is 1. The fourth-order valence-electron chi connectivity index (χ4n) is 2.00. The van der Waals surface area contributed by atoms with E-state index in [4.69, 9.17) is 0 Å². The second kappa shape index (κ2) is 4.56. The molecular weight excluding hydrogens is 272 g/mol. The van der Waals surface area contributed by atoms with E-state index in [1.54, 1.807) is 29.7 Å². The minimum Gasteiger partial charge on any atom is -0.344 e. The molecule has 20 heavy (non-hydrogen) atoms. The fraction of sp³-hybridized carbons (Fsp3) is 0.357. The molecule has 104 valence electrons. The van der Waals surface area contributed by atoms with E-state index >= 15 is 0 Å². The molecule has 1 atom stereocenters. The maximum Gasteiger partial charge on any atom is 0.256 e. The van der Waals surface area contributed by atoms with Crippen molar-refractivity contribution in [3.63, 3.8) is 0 Å². The number of anilines is 1. The Kier molecular flexibility index (Phi) is 2.97. The summed E-state index contributed by atoms with van der Waals surface area (Å²) in [6.45, 7) is 6.37. The normalized spacial score (nSPS) is 18.1. The third-order valence-corrected chi connectivity index (χ3v) is 4.35. The van der Waals surface area contributed by atoms with Gasteiger partial charge in [-0.15, -0.1) is 11.3 Å². The molecule has 5 nitrogen and oxygen atoms in total. The predicted molar refractivity (Wildman–Crippen MR) is 78.9 cm³/mol. The number of hydrogen-bond donors (Lipinski definition) is 2. The van der Waals surface area contributed by atoms with E-state index in [1.807, 2.05) is 5.38 Å². The van der Waals surface area contributed by atoms with Crippen molar-refractivity contribution in [2.45, 2.75) is 32.4 Å². The van der Waals surface area contributed by atoms with Gasteiger partial charge in [0.05, 0.1) is 16.3 Å². The van der Waals surface area contributed by atoms with Crippen LogP contribution in [-0.2, 0) is 5.41 Å². The molecule has 2 N–H and O–H groups in total. The van der Waals surface area contributed by atoms with Crippen LogP contribution in [0.4, 0.5) is 5.82 Å². The zero-order chi connectivity index (χ0) is 14.3. The number of hydrogen-bond acceptors (Lipinski definition) is 5. The van der Waals surface area contributed by atoms with E-state index in [0.29, 0.717) is 11.4 Å². The third kappa shape index (κ3) is 2.27. The zero-order valence-electron chi connectivity index (χ0n) is 11.6. The quantitative estimate of drug-likeness (QED) is 0.846. The van der Waals surface area contributed by atoms with Crippen molar-refractivity contribution < 1.29 is 4.79 Å². The molecule has 1 amide bonds. The summed E-state index contributed by atoms with van der Waals surface area (Å²) >= 11 is 1.61. The Bertz CT molecular complexity index is 659. The number of thiazole rings is 1. The van der Waals surface area contributed by atoms with E-state index in [1.165, 1.54) is 0 Å². The van der Waals surface area contributed by atoms with Crippen LogP contribution >= 0.6 is 11.3 Å². The van der Waals surface area contributed by atoms with Crippen LogP contribution in [0.2, 0.25) is 0 Å². The monoisotopic (exact) mass is 288 g/mol. The van der Waals surface area contributed by atoms with Gasteiger partial charge in [-0.1, -0.05) is 20.8 Å². The summed E-state index contributed by atoms with van der Waals surface area (Å²) in [5, 5.41) is 9.15. The number of nitrogens with one attached hydrogen (secondary N) is 2. The summed E-state index contributed by atoms with van der Waals surface area (Å²) in [4.78, 5) is 20.9. The van der Waals surface area contributed by atoms with Crippen LogP contribution in [0.3, 0.4) is 0 Å². The van der Waals surface area contributed by atoms with Gasteiger partial charge in [-0.2, -0.15) is 0 Å². The van der Waals surface area contributed by atoms with Crippen LogP contribution in [0.1, 0.15) is 48.0 Å². The summed E-state index contributed by atoms with van der Waals surface area (Å²) in [6.07, 6.45) is 1.35. The van der Waals surface area contributed by atoms with E-state index in [-0.39, 0.29) is 17.5 Å². The van der Waals surface area contributed by atoms with Crippen LogP contribution in [0.15, 0.2) is 23.7 Å². The minimum atomic E-state index is -0.322. The SMILES string of the molecule is CC(C)(C)c1nc(C2NC(=O)c3cccnc3N2)cs1. The van der Waals surface area contributed by atoms with E-state index in [9.17, 15) is 4.79 Å². The van der Waals surface area contributed by atoms with Gasteiger partial charge in [0, 0.05) is 17.0 Å². The largest absolute Gasteiger partial charge is 0.344 e. The fourth-order valence-corrected chi connectivity index (χ4v) is 2.93. The molecule has 3 rings (SSSR count). The number of fused-ring (bicyclic) bond motifs is 1. The summed E-state index contributed by atoms with van der Waals surface area (Å²) in [6, 6.07) is 3.50. The molecule has 0 aromatic carbocycles. The Labute approximate surface area is 121 Å². The van der Waals surface area contributed by atoms with Crippen molar-refractivity contribution in [1.29, 1.82) is 0 Å². The second-order valence-electron chi connectivity index (χ2n) is 5.78. The molecule has 6 heteroatoms. The van der Waals surface area contributed by atoms with Gasteiger partial charge >= 0.3 is 0 Å². The Morgan fingerprint density at radius 3 is 2.80 bits per heavy atom. The Balaban J connectivity index is 1.90. The number of amides is 1. The Morgan fingerprint density at radius 1 is 1.30 bits per heavy atom. The van der Waals surface area contributed by atoms with Gasteiger partial charge in [-0.05, 0) is 12.1 Å². The van der Waals surface area contributed by atoms with E-state index in [2.05, 4.69) is 41.4 Å². The molecule has 3 heterocycles. The smallest absolute Gasteiger partial charge is 0.256 e. The van der Waals surface area contributed by atoms with Crippen molar-refractivity contribution in [3.8, 4) is 0 Å². The van der Waals surface area contributed by atoms with Crippen LogP contribution in [0, 0.1) is 0 Å². The lowest BCUT2D eigenvalue weighted by Gasteiger charge is -2.25. The average molecular weight is 288 g/mol. The topological polar surface area (TPSA) is 66.9 Å². The molecule has 0 saturated carbocycles. The molecule has 0 saturated heterocycles. The molecule has 2 aromatic rings. The van der Waals surface area contributed by atoms with Crippen LogP contribution in [0.5, 0.6) is 0 Å². The number of carbonyl (C=O) groups excluding carboxylic acids is 1. The first-order valence-electron chi connectivity index (χ1n) is 6.43. The summed E-state index contributed by atoms with van der Waals surface area (Å²) in [5.74, 6) is 0.480. The van der Waals surface area contributed by atoms with Crippen LogP contribution in [-0.4, -0.2) is 15.9 Å². The highest BCUT2D eigenvalue weighted by atomic mass is 32.1. The lowest BCUT2D eigenvalue weighted by Crippen LogP contribution is -2.39. The Morgan fingerprint density at radius 2 is 2.10 bits per heavy atom. The molecular formula is C14H16N4OS. The molecule has 0 radical (unpaired) electrons. The van der Waals surface area contributed by atoms with Gasteiger partial charge in [0.25, 0.3) is 5.91 Å². The molecule has 0 bridgehead atoms. The van der Waals surface area contributed by atoms with E-state index in [0.717, 1.165) is 10.7 Å². The first-order valence-corrected chi connectivity index (χ1v) is 7.31. The van der Waals surface area contributed by atoms with Gasteiger partial charge in [0.2, 0.25) is 0 Å². The van der Waals surface area contributed by atoms with Crippen LogP contribution < -0.4 is 10.6 Å². The lowest BCUT2D eigenvalue weighted by molar-refractivity contribution is 0.0934. The predicted octanol–water partition coefficient (Wildman–Crippen LogP) is 2.69. The second-order valence-corrected chi connectivity index (χ2v) is 6.64. The molecule has 1 aliphatic heterocycles. The van der Waals surface area contributed by atoms with Gasteiger partial charge in [0.1, 0.15) is 12.0 Å². The number of aromatic nitrogens is 2. The molecule has 2 aromatic heterocycles. The van der Waals surface area contributed by atoms with Crippen molar-refractivity contribution in [3.05, 3.63) is 40.0 Å². The number of carbonyl (C=O) groups is 1. The number of nitrogens with zero attached hydrogens (tertiary/aromatic N) is 2. The van der Waals surface area contributed by atoms with Crippen molar-refractivity contribution in [1.82, 2.24) is 15.3 Å². The first kappa shape index (κ1) is 13.1. The van der Waals surface area contributed by atoms with Gasteiger partial charge in [-0.25, -0.2) is 9.97 Å². The minimum absolute atomic E-state index is 0.0117. The summed E-state index contributed by atoms with van der Waals surface area (Å²) < 4.78 is 0.